The number of halogens is 1. The number of anilines is 1. The first-order chi connectivity index (χ1) is 12.1. The highest BCUT2D eigenvalue weighted by molar-refractivity contribution is 5.61. The molecule has 6 heteroatoms. The van der Waals surface area contributed by atoms with Crippen molar-refractivity contribution in [1.82, 2.24) is 4.90 Å². The number of hydrogen-bond donors (Lipinski definition) is 1. The smallest absolute Gasteiger partial charge is 0.292 e. The highest BCUT2D eigenvalue weighted by atomic mass is 19.1. The fraction of sp³-hybridized carbons (Fsp3) is 0.684. The molecule has 0 atom stereocenters. The van der Waals surface area contributed by atoms with Gasteiger partial charge in [0.2, 0.25) is 0 Å². The second kappa shape index (κ2) is 8.61. The summed E-state index contributed by atoms with van der Waals surface area (Å²) in [6, 6.07) is 4.48. The first-order valence-corrected chi connectivity index (χ1v) is 9.58. The third kappa shape index (κ3) is 4.91. The summed E-state index contributed by atoms with van der Waals surface area (Å²) in [5, 5.41) is 14.3. The molecule has 0 amide bonds. The van der Waals surface area contributed by atoms with Gasteiger partial charge in [0.1, 0.15) is 11.5 Å². The Morgan fingerprint density at radius 2 is 1.68 bits per heavy atom. The first-order valence-electron chi connectivity index (χ1n) is 9.58. The molecule has 0 unspecified atom stereocenters. The van der Waals surface area contributed by atoms with Crippen molar-refractivity contribution in [3.05, 3.63) is 34.1 Å². The molecule has 0 radical (unpaired) electrons. The van der Waals surface area contributed by atoms with Gasteiger partial charge in [0.15, 0.2) is 0 Å². The molecule has 0 spiro atoms. The van der Waals surface area contributed by atoms with Gasteiger partial charge >= 0.3 is 0 Å². The number of nitrogens with zero attached hydrogens (tertiary/aromatic N) is 2. The number of rotatable bonds is 4. The summed E-state index contributed by atoms with van der Waals surface area (Å²) < 4.78 is 13.5. The summed E-state index contributed by atoms with van der Waals surface area (Å²) in [5.74, 6) is -0.444. The second-order valence-corrected chi connectivity index (χ2v) is 7.37. The zero-order valence-corrected chi connectivity index (χ0v) is 14.8. The van der Waals surface area contributed by atoms with Gasteiger partial charge in [0, 0.05) is 37.3 Å². The first kappa shape index (κ1) is 18.1. The summed E-state index contributed by atoms with van der Waals surface area (Å²) >= 11 is 0. The third-order valence-electron chi connectivity index (χ3n) is 5.64. The molecule has 25 heavy (non-hydrogen) atoms. The number of likely N-dealkylation sites (tertiary alicyclic amines) is 1. The highest BCUT2D eigenvalue weighted by Gasteiger charge is 2.26. The maximum Gasteiger partial charge on any atom is 0.292 e. The lowest BCUT2D eigenvalue weighted by atomic mass is 9.93. The number of nitro benzene ring substituents is 1. The van der Waals surface area contributed by atoms with Gasteiger partial charge < -0.3 is 10.2 Å². The van der Waals surface area contributed by atoms with E-state index in [0.29, 0.717) is 11.7 Å². The van der Waals surface area contributed by atoms with E-state index in [2.05, 4.69) is 10.2 Å². The normalized spacial score (nSPS) is 21.5. The van der Waals surface area contributed by atoms with Crippen LogP contribution in [0.5, 0.6) is 0 Å². The number of benzene rings is 1. The zero-order chi connectivity index (χ0) is 17.6. The molecule has 2 fully saturated rings. The van der Waals surface area contributed by atoms with Crippen LogP contribution in [0.25, 0.3) is 0 Å². The minimum atomic E-state index is -0.453. The van der Waals surface area contributed by atoms with Crippen LogP contribution in [-0.2, 0) is 0 Å². The molecule has 1 aromatic rings. The Morgan fingerprint density at radius 3 is 2.32 bits per heavy atom. The van der Waals surface area contributed by atoms with E-state index in [1.54, 1.807) is 0 Å². The molecular formula is C19H28FN3O2. The molecule has 138 valence electrons. The van der Waals surface area contributed by atoms with Gasteiger partial charge in [-0.1, -0.05) is 32.1 Å². The Balaban J connectivity index is 1.56. The van der Waals surface area contributed by atoms with Gasteiger partial charge in [-0.25, -0.2) is 4.39 Å². The minimum absolute atomic E-state index is 0.0520. The lowest BCUT2D eigenvalue weighted by molar-refractivity contribution is -0.384. The van der Waals surface area contributed by atoms with Crippen molar-refractivity contribution in [3.63, 3.8) is 0 Å². The molecule has 0 bridgehead atoms. The van der Waals surface area contributed by atoms with Crippen LogP contribution in [0.1, 0.15) is 57.8 Å². The van der Waals surface area contributed by atoms with Gasteiger partial charge in [0.05, 0.1) is 4.92 Å². The van der Waals surface area contributed by atoms with Crippen molar-refractivity contribution < 1.29 is 9.31 Å². The predicted octanol–water partition coefficient (Wildman–Crippen LogP) is 4.72. The number of nitrogens with one attached hydrogen (secondary N) is 1. The van der Waals surface area contributed by atoms with Crippen molar-refractivity contribution in [2.24, 2.45) is 0 Å². The molecule has 1 saturated heterocycles. The average Bonchev–Trinajstić information content (AvgIpc) is 2.55. The van der Waals surface area contributed by atoms with E-state index in [4.69, 9.17) is 0 Å². The predicted molar refractivity (Wildman–Crippen MR) is 97.4 cm³/mol. The lowest BCUT2D eigenvalue weighted by Crippen LogP contribution is -2.44. The van der Waals surface area contributed by atoms with Crippen LogP contribution in [-0.4, -0.2) is 35.0 Å². The SMILES string of the molecule is O=[N+]([O-])c1ccc(F)cc1NC1CCN(C2CCCCCCC2)CC1. The average molecular weight is 349 g/mol. The number of nitro groups is 1. The fourth-order valence-corrected chi connectivity index (χ4v) is 4.21. The van der Waals surface area contributed by atoms with Crippen LogP contribution in [0.2, 0.25) is 0 Å². The van der Waals surface area contributed by atoms with Crippen molar-refractivity contribution >= 4 is 11.4 Å². The Morgan fingerprint density at radius 1 is 1.04 bits per heavy atom. The number of hydrogen-bond acceptors (Lipinski definition) is 4. The molecule has 1 saturated carbocycles. The van der Waals surface area contributed by atoms with Crippen LogP contribution in [0.4, 0.5) is 15.8 Å². The summed E-state index contributed by atoms with van der Waals surface area (Å²) in [6.07, 6.45) is 11.3. The number of piperidine rings is 1. The largest absolute Gasteiger partial charge is 0.377 e. The monoisotopic (exact) mass is 349 g/mol. The summed E-state index contributed by atoms with van der Waals surface area (Å²) in [6.45, 7) is 2.04. The van der Waals surface area contributed by atoms with Crippen LogP contribution in [0, 0.1) is 15.9 Å². The quantitative estimate of drug-likeness (QED) is 0.631. The van der Waals surface area contributed by atoms with E-state index in [1.807, 2.05) is 0 Å². The van der Waals surface area contributed by atoms with Gasteiger partial charge in [-0.05, 0) is 31.7 Å². The van der Waals surface area contributed by atoms with Crippen molar-refractivity contribution in [2.75, 3.05) is 18.4 Å². The second-order valence-electron chi connectivity index (χ2n) is 7.37. The topological polar surface area (TPSA) is 58.4 Å². The Labute approximate surface area is 148 Å². The highest BCUT2D eigenvalue weighted by Crippen LogP contribution is 2.29. The van der Waals surface area contributed by atoms with E-state index in [1.165, 1.54) is 57.1 Å². The van der Waals surface area contributed by atoms with E-state index >= 15 is 0 Å². The zero-order valence-electron chi connectivity index (χ0n) is 14.8. The van der Waals surface area contributed by atoms with E-state index in [-0.39, 0.29) is 11.7 Å². The van der Waals surface area contributed by atoms with Crippen LogP contribution in [0.3, 0.4) is 0 Å². The molecular weight excluding hydrogens is 321 g/mol. The molecule has 1 aliphatic carbocycles. The molecule has 3 rings (SSSR count). The maximum atomic E-state index is 13.5. The summed E-state index contributed by atoms with van der Waals surface area (Å²) in [7, 11) is 0. The minimum Gasteiger partial charge on any atom is -0.377 e. The van der Waals surface area contributed by atoms with E-state index in [9.17, 15) is 14.5 Å². The van der Waals surface area contributed by atoms with Gasteiger partial charge in [-0.3, -0.25) is 10.1 Å². The van der Waals surface area contributed by atoms with Gasteiger partial charge in [0.25, 0.3) is 5.69 Å². The van der Waals surface area contributed by atoms with E-state index in [0.717, 1.165) is 32.0 Å². The van der Waals surface area contributed by atoms with Gasteiger partial charge in [-0.15, -0.1) is 0 Å². The maximum absolute atomic E-state index is 13.5. The Kier molecular flexibility index (Phi) is 6.24. The fourth-order valence-electron chi connectivity index (χ4n) is 4.21. The Hall–Kier alpha value is -1.69. The van der Waals surface area contributed by atoms with Gasteiger partial charge in [-0.2, -0.15) is 0 Å². The van der Waals surface area contributed by atoms with Crippen LogP contribution >= 0.6 is 0 Å². The standard InChI is InChI=1S/C19H28FN3O2/c20-15-8-9-19(23(24)25)18(14-15)21-16-10-12-22(13-11-16)17-6-4-2-1-3-5-7-17/h8-9,14,16-17,21H,1-7,10-13H2. The summed E-state index contributed by atoms with van der Waals surface area (Å²) in [4.78, 5) is 13.3. The molecule has 1 heterocycles. The molecule has 5 nitrogen and oxygen atoms in total. The van der Waals surface area contributed by atoms with Crippen molar-refractivity contribution in [3.8, 4) is 0 Å². The van der Waals surface area contributed by atoms with Crippen molar-refractivity contribution in [1.29, 1.82) is 0 Å². The molecule has 1 N–H and O–H groups in total. The molecule has 2 aliphatic rings. The molecule has 1 aromatic carbocycles. The molecule has 1 aliphatic heterocycles. The van der Waals surface area contributed by atoms with Crippen LogP contribution in [0.15, 0.2) is 18.2 Å². The summed E-state index contributed by atoms with van der Waals surface area (Å²) in [5.41, 5.74) is 0.248. The van der Waals surface area contributed by atoms with Crippen molar-refractivity contribution in [2.45, 2.75) is 69.9 Å². The third-order valence-corrected chi connectivity index (χ3v) is 5.64. The molecule has 0 aromatic heterocycles. The lowest BCUT2D eigenvalue weighted by Gasteiger charge is -2.38. The van der Waals surface area contributed by atoms with Crippen LogP contribution < -0.4 is 5.32 Å². The van der Waals surface area contributed by atoms with E-state index < -0.39 is 10.7 Å². The Bertz CT molecular complexity index is 580.